The van der Waals surface area contributed by atoms with Crippen molar-refractivity contribution in [3.05, 3.63) is 53.1 Å². The first-order valence-corrected chi connectivity index (χ1v) is 14.2. The van der Waals surface area contributed by atoms with Crippen molar-refractivity contribution in [1.29, 1.82) is 0 Å². The summed E-state index contributed by atoms with van der Waals surface area (Å²) >= 11 is 7.23. The highest BCUT2D eigenvalue weighted by Gasteiger charge is 2.52. The van der Waals surface area contributed by atoms with Crippen LogP contribution < -0.4 is 14.5 Å². The van der Waals surface area contributed by atoms with Gasteiger partial charge in [-0.05, 0) is 74.6 Å². The van der Waals surface area contributed by atoms with Gasteiger partial charge in [0.1, 0.15) is 5.75 Å². The second-order valence-corrected chi connectivity index (χ2v) is 12.6. The third-order valence-corrected chi connectivity index (χ3v) is 10.6. The van der Waals surface area contributed by atoms with Crippen LogP contribution in [0, 0.1) is 38.5 Å². The van der Waals surface area contributed by atoms with Crippen LogP contribution in [-0.2, 0) is 19.2 Å². The average molecular weight is 632 g/mol. The zero-order valence-electron chi connectivity index (χ0n) is 20.9. The van der Waals surface area contributed by atoms with Gasteiger partial charge >= 0.3 is 5.97 Å². The molecule has 3 aliphatic rings. The van der Waals surface area contributed by atoms with E-state index in [9.17, 15) is 19.2 Å². The van der Waals surface area contributed by atoms with Crippen molar-refractivity contribution in [3.63, 3.8) is 0 Å². The molecular weight excluding hydrogens is 604 g/mol. The summed E-state index contributed by atoms with van der Waals surface area (Å²) in [6.45, 7) is 6.01. The Labute approximate surface area is 232 Å². The molecule has 2 heterocycles. The lowest BCUT2D eigenvalue weighted by molar-refractivity contribution is -0.139. The van der Waals surface area contributed by atoms with Gasteiger partial charge in [-0.1, -0.05) is 44.0 Å². The molecule has 5 atom stereocenters. The normalized spacial score (nSPS) is 27.6. The third kappa shape index (κ3) is 4.65. The predicted molar refractivity (Wildman–Crippen MR) is 147 cm³/mol. The zero-order valence-corrected chi connectivity index (χ0v) is 24.0. The van der Waals surface area contributed by atoms with Crippen LogP contribution in [0.2, 0.25) is 0 Å². The minimum absolute atomic E-state index is 0.0893. The summed E-state index contributed by atoms with van der Waals surface area (Å²) in [4.78, 5) is 55.2. The number of carbonyl (C=O) groups is 4. The lowest BCUT2D eigenvalue weighted by Crippen LogP contribution is -2.34. The molecule has 0 unspecified atom stereocenters. The molecule has 0 bridgehead atoms. The summed E-state index contributed by atoms with van der Waals surface area (Å²) < 4.78 is 5.64. The standard InChI is InChI=1S/C28H28Br2N2O5/c1-14-5-4-6-24(16(14)3)31-13-17(10-25(31)33)28(36)37-18-7-8-23(15(2)9-18)32-26(34)19-11-21(29)22(30)12-20(19)27(32)35/h4-9,17,19-22H,10-13H2,1-3H3/t17-,19-,20+,21+,22-/m1/s1. The number of imide groups is 1. The SMILES string of the molecule is Cc1cc(OC(=O)[C@@H]2CC(=O)N(c3cccc(C)c3C)C2)ccc1N1C(=O)[C@H]2C[C@@H](Br)[C@@H](Br)C[C@H]2C1=O. The number of carbonyl (C=O) groups excluding carboxylic acids is 4. The summed E-state index contributed by atoms with van der Waals surface area (Å²) in [5.41, 5.74) is 4.09. The van der Waals surface area contributed by atoms with Gasteiger partial charge in [0.2, 0.25) is 17.7 Å². The molecule has 0 spiro atoms. The first kappa shape index (κ1) is 26.1. The fourth-order valence-electron chi connectivity index (χ4n) is 5.60. The smallest absolute Gasteiger partial charge is 0.316 e. The van der Waals surface area contributed by atoms with Crippen molar-refractivity contribution in [1.82, 2.24) is 0 Å². The summed E-state index contributed by atoms with van der Waals surface area (Å²) in [7, 11) is 0. The second-order valence-electron chi connectivity index (χ2n) is 10.2. The monoisotopic (exact) mass is 630 g/mol. The number of nitrogens with zero attached hydrogens (tertiary/aromatic N) is 2. The van der Waals surface area contributed by atoms with Crippen LogP contribution in [0.25, 0.3) is 0 Å². The highest BCUT2D eigenvalue weighted by atomic mass is 79.9. The molecule has 5 rings (SSSR count). The van der Waals surface area contributed by atoms with Crippen molar-refractivity contribution in [2.24, 2.45) is 17.8 Å². The summed E-state index contributed by atoms with van der Waals surface area (Å²) in [6, 6.07) is 10.7. The number of hydrogen-bond donors (Lipinski definition) is 0. The molecule has 0 radical (unpaired) electrons. The summed E-state index contributed by atoms with van der Waals surface area (Å²) in [5.74, 6) is -1.85. The maximum atomic E-state index is 13.2. The molecule has 9 heteroatoms. The number of aryl methyl sites for hydroxylation is 2. The molecule has 1 aliphatic carbocycles. The number of ether oxygens (including phenoxy) is 1. The van der Waals surface area contributed by atoms with Crippen molar-refractivity contribution >= 4 is 66.9 Å². The van der Waals surface area contributed by atoms with Crippen LogP contribution >= 0.6 is 31.9 Å². The van der Waals surface area contributed by atoms with Crippen molar-refractivity contribution in [3.8, 4) is 5.75 Å². The van der Waals surface area contributed by atoms with E-state index in [1.807, 2.05) is 32.0 Å². The van der Waals surface area contributed by atoms with Gasteiger partial charge in [-0.25, -0.2) is 4.90 Å². The molecule has 0 aromatic heterocycles. The molecule has 37 heavy (non-hydrogen) atoms. The van der Waals surface area contributed by atoms with Crippen molar-refractivity contribution in [2.45, 2.75) is 49.7 Å². The van der Waals surface area contributed by atoms with Crippen LogP contribution in [0.3, 0.4) is 0 Å². The Kier molecular flexibility index (Phi) is 7.04. The molecule has 2 saturated heterocycles. The number of amides is 3. The van der Waals surface area contributed by atoms with Crippen LogP contribution in [-0.4, -0.2) is 39.9 Å². The van der Waals surface area contributed by atoms with E-state index in [2.05, 4.69) is 31.9 Å². The third-order valence-electron chi connectivity index (χ3n) is 7.86. The summed E-state index contributed by atoms with van der Waals surface area (Å²) in [5, 5.41) is 0. The van der Waals surface area contributed by atoms with E-state index < -0.39 is 11.9 Å². The molecule has 2 aromatic rings. The highest BCUT2D eigenvalue weighted by Crippen LogP contribution is 2.45. The fraction of sp³-hybridized carbons (Fsp3) is 0.429. The first-order valence-electron chi connectivity index (χ1n) is 12.4. The van der Waals surface area contributed by atoms with Crippen LogP contribution in [0.4, 0.5) is 11.4 Å². The number of hydrogen-bond acceptors (Lipinski definition) is 5. The molecule has 0 N–H and O–H groups in total. The fourth-order valence-corrected chi connectivity index (χ4v) is 6.84. The zero-order chi connectivity index (χ0) is 26.6. The minimum Gasteiger partial charge on any atom is -0.426 e. The van der Waals surface area contributed by atoms with Crippen LogP contribution in [0.5, 0.6) is 5.75 Å². The quantitative estimate of drug-likeness (QED) is 0.205. The van der Waals surface area contributed by atoms with E-state index in [1.165, 1.54) is 4.90 Å². The van der Waals surface area contributed by atoms with Crippen LogP contribution in [0.1, 0.15) is 36.0 Å². The molecular formula is C28H28Br2N2O5. The average Bonchev–Trinajstić information content (AvgIpc) is 3.34. The largest absolute Gasteiger partial charge is 0.426 e. The summed E-state index contributed by atoms with van der Waals surface area (Å²) in [6.07, 6.45) is 1.30. The lowest BCUT2D eigenvalue weighted by Gasteiger charge is -2.29. The molecule has 7 nitrogen and oxygen atoms in total. The van der Waals surface area contributed by atoms with E-state index in [4.69, 9.17) is 4.74 Å². The van der Waals surface area contributed by atoms with Gasteiger partial charge in [-0.3, -0.25) is 19.2 Å². The van der Waals surface area contributed by atoms with Gasteiger partial charge < -0.3 is 9.64 Å². The maximum Gasteiger partial charge on any atom is 0.316 e. The minimum atomic E-state index is -0.577. The topological polar surface area (TPSA) is 84.0 Å². The molecule has 194 valence electrons. The molecule has 3 amide bonds. The number of alkyl halides is 2. The molecule has 2 aliphatic heterocycles. The van der Waals surface area contributed by atoms with Gasteiger partial charge in [0.25, 0.3) is 0 Å². The van der Waals surface area contributed by atoms with E-state index in [-0.39, 0.29) is 52.2 Å². The Morgan fingerprint density at radius 1 is 0.892 bits per heavy atom. The lowest BCUT2D eigenvalue weighted by atomic mass is 9.81. The van der Waals surface area contributed by atoms with Gasteiger partial charge in [-0.15, -0.1) is 0 Å². The van der Waals surface area contributed by atoms with E-state index in [1.54, 1.807) is 30.0 Å². The number of fused-ring (bicyclic) bond motifs is 1. The van der Waals surface area contributed by atoms with Gasteiger partial charge in [0.05, 0.1) is 23.4 Å². The highest BCUT2D eigenvalue weighted by molar-refractivity contribution is 9.12. The number of anilines is 2. The van der Waals surface area contributed by atoms with Gasteiger partial charge in [0.15, 0.2) is 0 Å². The van der Waals surface area contributed by atoms with Crippen LogP contribution in [0.15, 0.2) is 36.4 Å². The molecule has 1 saturated carbocycles. The van der Waals surface area contributed by atoms with Crippen molar-refractivity contribution in [2.75, 3.05) is 16.3 Å². The predicted octanol–water partition coefficient (Wildman–Crippen LogP) is 5.00. The Morgan fingerprint density at radius 2 is 1.54 bits per heavy atom. The van der Waals surface area contributed by atoms with E-state index in [0.717, 1.165) is 16.8 Å². The first-order chi connectivity index (χ1) is 17.6. The number of benzene rings is 2. The number of esters is 1. The number of halogens is 2. The second kappa shape index (κ2) is 9.98. The van der Waals surface area contributed by atoms with E-state index in [0.29, 0.717) is 29.8 Å². The molecule has 3 fully saturated rings. The Bertz CT molecular complexity index is 1280. The molecule has 2 aromatic carbocycles. The maximum absolute atomic E-state index is 13.2. The van der Waals surface area contributed by atoms with Gasteiger partial charge in [-0.2, -0.15) is 0 Å². The Morgan fingerprint density at radius 3 is 2.16 bits per heavy atom. The number of rotatable bonds is 4. The van der Waals surface area contributed by atoms with Gasteiger partial charge in [0, 0.05) is 28.3 Å². The van der Waals surface area contributed by atoms with E-state index >= 15 is 0 Å². The van der Waals surface area contributed by atoms with Crippen molar-refractivity contribution < 1.29 is 23.9 Å². The Hall–Kier alpha value is -2.52. The Balaban J connectivity index is 1.29.